The van der Waals surface area contributed by atoms with E-state index in [2.05, 4.69) is 0 Å². The summed E-state index contributed by atoms with van der Waals surface area (Å²) >= 11 is 11.7. The van der Waals surface area contributed by atoms with Gasteiger partial charge in [-0.25, -0.2) is 8.42 Å². The Hall–Kier alpha value is -0.330. The van der Waals surface area contributed by atoms with Crippen LogP contribution in [0, 0.1) is 0 Å². The molecule has 7 heteroatoms. The Kier molecular flexibility index (Phi) is 4.67. The molecule has 0 radical (unpaired) electrons. The van der Waals surface area contributed by atoms with Crippen molar-refractivity contribution in [3.8, 4) is 0 Å². The molecule has 0 aliphatic heterocycles. The lowest BCUT2D eigenvalue weighted by Gasteiger charge is -2.33. The summed E-state index contributed by atoms with van der Waals surface area (Å²) in [6.07, 6.45) is 0. The second-order valence-corrected chi connectivity index (χ2v) is 7.22. The molecule has 0 heterocycles. The predicted octanol–water partition coefficient (Wildman–Crippen LogP) is 2.38. The Morgan fingerprint density at radius 2 is 1.89 bits per heavy atom. The van der Waals surface area contributed by atoms with Crippen molar-refractivity contribution in [1.82, 2.24) is 4.31 Å². The van der Waals surface area contributed by atoms with Crippen LogP contribution in [0.15, 0.2) is 23.1 Å². The summed E-state index contributed by atoms with van der Waals surface area (Å²) in [4.78, 5) is -0.0688. The first-order valence-corrected chi connectivity index (χ1v) is 7.38. The molecule has 0 unspecified atom stereocenters. The molecule has 1 aromatic carbocycles. The van der Waals surface area contributed by atoms with E-state index in [-0.39, 0.29) is 21.5 Å². The van der Waals surface area contributed by atoms with Gasteiger partial charge in [-0.15, -0.1) is 0 Å². The highest BCUT2D eigenvalue weighted by Gasteiger charge is 2.34. The van der Waals surface area contributed by atoms with Crippen LogP contribution in [-0.4, -0.2) is 37.0 Å². The lowest BCUT2D eigenvalue weighted by atomic mass is 10.1. The van der Waals surface area contributed by atoms with Gasteiger partial charge >= 0.3 is 0 Å². The zero-order chi connectivity index (χ0) is 14.1. The highest BCUT2D eigenvalue weighted by Crippen LogP contribution is 2.32. The Balaban J connectivity index is 3.35. The molecule has 0 saturated heterocycles. The molecule has 0 bridgehead atoms. The van der Waals surface area contributed by atoms with Gasteiger partial charge in [-0.2, -0.15) is 4.31 Å². The van der Waals surface area contributed by atoms with Gasteiger partial charge in [-0.05, 0) is 26.0 Å². The Morgan fingerprint density at radius 3 is 2.39 bits per heavy atom. The molecule has 0 aromatic heterocycles. The van der Waals surface area contributed by atoms with Gasteiger partial charge in [0.2, 0.25) is 10.0 Å². The number of halogens is 2. The molecular weight excluding hydrogens is 297 g/mol. The summed E-state index contributed by atoms with van der Waals surface area (Å²) in [5.74, 6) is 0. The smallest absolute Gasteiger partial charge is 0.244 e. The fraction of sp³-hybridized carbons (Fsp3) is 0.455. The maximum Gasteiger partial charge on any atom is 0.244 e. The van der Waals surface area contributed by atoms with E-state index >= 15 is 0 Å². The number of aliphatic hydroxyl groups excluding tert-OH is 1. The Morgan fingerprint density at radius 1 is 1.33 bits per heavy atom. The molecular formula is C11H15Cl2NO3S. The van der Waals surface area contributed by atoms with E-state index in [0.29, 0.717) is 0 Å². The third-order valence-electron chi connectivity index (χ3n) is 2.79. The van der Waals surface area contributed by atoms with Crippen molar-refractivity contribution in [2.75, 3.05) is 13.7 Å². The molecule has 0 fully saturated rings. The normalized spacial score (nSPS) is 13.1. The molecule has 18 heavy (non-hydrogen) atoms. The molecule has 0 atom stereocenters. The molecule has 4 nitrogen and oxygen atoms in total. The van der Waals surface area contributed by atoms with E-state index in [9.17, 15) is 13.5 Å². The number of benzene rings is 1. The maximum absolute atomic E-state index is 12.4. The first-order valence-electron chi connectivity index (χ1n) is 5.18. The zero-order valence-electron chi connectivity index (χ0n) is 10.3. The van der Waals surface area contributed by atoms with E-state index in [1.54, 1.807) is 13.8 Å². The van der Waals surface area contributed by atoms with Gasteiger partial charge in [0.1, 0.15) is 4.90 Å². The van der Waals surface area contributed by atoms with Crippen molar-refractivity contribution < 1.29 is 13.5 Å². The molecule has 0 aliphatic rings. The van der Waals surface area contributed by atoms with E-state index in [1.165, 1.54) is 25.2 Å². The minimum atomic E-state index is -3.80. The summed E-state index contributed by atoms with van der Waals surface area (Å²) in [6.45, 7) is 2.92. The van der Waals surface area contributed by atoms with Gasteiger partial charge in [0.15, 0.2) is 0 Å². The standard InChI is InChI=1S/C11H15Cl2NO3S/c1-11(2,7-15)14(3)18(16,17)9-6-4-5-8(12)10(9)13/h4-6,15H,7H2,1-3H3. The lowest BCUT2D eigenvalue weighted by Crippen LogP contribution is -2.47. The van der Waals surface area contributed by atoms with Gasteiger partial charge in [-0.3, -0.25) is 0 Å². The summed E-state index contributed by atoms with van der Waals surface area (Å²) in [7, 11) is -2.41. The first-order chi connectivity index (χ1) is 8.14. The summed E-state index contributed by atoms with van der Waals surface area (Å²) in [5, 5.41) is 9.39. The highest BCUT2D eigenvalue weighted by atomic mass is 35.5. The molecule has 0 spiro atoms. The van der Waals surface area contributed by atoms with Crippen LogP contribution in [0.2, 0.25) is 10.0 Å². The average molecular weight is 312 g/mol. The van der Waals surface area contributed by atoms with Crippen molar-refractivity contribution in [3.63, 3.8) is 0 Å². The van der Waals surface area contributed by atoms with Gasteiger partial charge < -0.3 is 5.11 Å². The summed E-state index contributed by atoms with van der Waals surface area (Å²) in [5.41, 5.74) is -0.926. The van der Waals surface area contributed by atoms with Crippen LogP contribution in [0.5, 0.6) is 0 Å². The molecule has 1 N–H and O–H groups in total. The average Bonchev–Trinajstić information content (AvgIpc) is 2.31. The first kappa shape index (κ1) is 15.7. The number of likely N-dealkylation sites (N-methyl/N-ethyl adjacent to an activating group) is 1. The van der Waals surface area contributed by atoms with Crippen LogP contribution in [-0.2, 0) is 10.0 Å². The molecule has 0 saturated carbocycles. The second kappa shape index (κ2) is 5.35. The minimum absolute atomic E-state index is 0.0141. The van der Waals surface area contributed by atoms with E-state index in [4.69, 9.17) is 23.2 Å². The Labute approximate surface area is 117 Å². The van der Waals surface area contributed by atoms with E-state index in [1.807, 2.05) is 0 Å². The number of hydrogen-bond acceptors (Lipinski definition) is 3. The van der Waals surface area contributed by atoms with Crippen molar-refractivity contribution in [1.29, 1.82) is 0 Å². The van der Waals surface area contributed by atoms with Gasteiger partial charge in [0.05, 0.1) is 22.2 Å². The monoisotopic (exact) mass is 311 g/mol. The number of hydrogen-bond donors (Lipinski definition) is 1. The molecule has 0 aliphatic carbocycles. The second-order valence-electron chi connectivity index (χ2n) is 4.50. The van der Waals surface area contributed by atoms with Crippen LogP contribution >= 0.6 is 23.2 Å². The maximum atomic E-state index is 12.4. The largest absolute Gasteiger partial charge is 0.394 e. The van der Waals surface area contributed by atoms with Gasteiger partial charge in [-0.1, -0.05) is 29.3 Å². The fourth-order valence-electron chi connectivity index (χ4n) is 1.26. The summed E-state index contributed by atoms with van der Waals surface area (Å²) in [6, 6.07) is 4.41. The SMILES string of the molecule is CN(C(C)(C)CO)S(=O)(=O)c1cccc(Cl)c1Cl. The predicted molar refractivity (Wildman–Crippen MR) is 72.6 cm³/mol. The number of rotatable bonds is 4. The van der Waals surface area contributed by atoms with Crippen LogP contribution in [0.4, 0.5) is 0 Å². The van der Waals surface area contributed by atoms with E-state index < -0.39 is 15.6 Å². The molecule has 102 valence electrons. The molecule has 1 rings (SSSR count). The third kappa shape index (κ3) is 2.81. The van der Waals surface area contributed by atoms with Crippen LogP contribution in [0.3, 0.4) is 0 Å². The van der Waals surface area contributed by atoms with Crippen molar-refractivity contribution in [3.05, 3.63) is 28.2 Å². The van der Waals surface area contributed by atoms with Gasteiger partial charge in [0.25, 0.3) is 0 Å². The van der Waals surface area contributed by atoms with Crippen molar-refractivity contribution in [2.45, 2.75) is 24.3 Å². The fourth-order valence-corrected chi connectivity index (χ4v) is 3.50. The topological polar surface area (TPSA) is 57.6 Å². The van der Waals surface area contributed by atoms with Crippen LogP contribution in [0.25, 0.3) is 0 Å². The highest BCUT2D eigenvalue weighted by molar-refractivity contribution is 7.89. The third-order valence-corrected chi connectivity index (χ3v) is 5.84. The lowest BCUT2D eigenvalue weighted by molar-refractivity contribution is 0.138. The number of aliphatic hydroxyl groups is 1. The van der Waals surface area contributed by atoms with Crippen molar-refractivity contribution >= 4 is 33.2 Å². The Bertz CT molecular complexity index is 543. The van der Waals surface area contributed by atoms with Crippen molar-refractivity contribution in [2.24, 2.45) is 0 Å². The minimum Gasteiger partial charge on any atom is -0.394 e. The van der Waals surface area contributed by atoms with E-state index in [0.717, 1.165) is 4.31 Å². The molecule has 0 amide bonds. The van der Waals surface area contributed by atoms with Crippen LogP contribution in [0.1, 0.15) is 13.8 Å². The zero-order valence-corrected chi connectivity index (χ0v) is 12.6. The number of nitrogens with zero attached hydrogens (tertiary/aromatic N) is 1. The van der Waals surface area contributed by atoms with Gasteiger partial charge in [0, 0.05) is 7.05 Å². The quantitative estimate of drug-likeness (QED) is 0.929. The summed E-state index contributed by atoms with van der Waals surface area (Å²) < 4.78 is 25.8. The molecule has 1 aromatic rings. The number of sulfonamides is 1. The van der Waals surface area contributed by atoms with Crippen LogP contribution < -0.4 is 0 Å².